The van der Waals surface area contributed by atoms with Crippen molar-refractivity contribution in [2.24, 2.45) is 4.99 Å². The number of hydrogen-bond donors (Lipinski definition) is 0. The molecular weight excluding hydrogens is 635 g/mol. The van der Waals surface area contributed by atoms with Crippen LogP contribution in [0.25, 0.3) is 71.9 Å². The summed E-state index contributed by atoms with van der Waals surface area (Å²) >= 11 is 0. The number of fused-ring (bicyclic) bond motifs is 7. The maximum absolute atomic E-state index is 6.54. The predicted octanol–water partition coefficient (Wildman–Crippen LogP) is 14.1. The minimum atomic E-state index is -0.0785. The van der Waals surface area contributed by atoms with Crippen LogP contribution in [0, 0.1) is 0 Å². The first kappa shape index (κ1) is 31.8. The fraction of sp³-hybridized carbons (Fsp3) is 0.122. The quantitative estimate of drug-likeness (QED) is 0.143. The highest BCUT2D eigenvalue weighted by atomic mass is 16.3. The Morgan fingerprint density at radius 2 is 1.33 bits per heavy atom. The van der Waals surface area contributed by atoms with Gasteiger partial charge >= 0.3 is 0 Å². The zero-order chi connectivity index (χ0) is 35.0. The molecule has 0 bridgehead atoms. The van der Waals surface area contributed by atoms with E-state index in [1.54, 1.807) is 0 Å². The van der Waals surface area contributed by atoms with E-state index in [-0.39, 0.29) is 6.04 Å². The van der Waals surface area contributed by atoms with Gasteiger partial charge in [-0.15, -0.1) is 0 Å². The number of nitrogens with zero attached hydrogens (tertiary/aromatic N) is 1. The van der Waals surface area contributed by atoms with E-state index in [1.165, 1.54) is 27.5 Å². The molecule has 1 unspecified atom stereocenters. The van der Waals surface area contributed by atoms with Crippen LogP contribution < -0.4 is 0 Å². The van der Waals surface area contributed by atoms with E-state index in [1.807, 2.05) is 18.2 Å². The van der Waals surface area contributed by atoms with Crippen molar-refractivity contribution in [1.29, 1.82) is 0 Å². The van der Waals surface area contributed by atoms with Crippen molar-refractivity contribution in [2.45, 2.75) is 39.2 Å². The second kappa shape index (κ2) is 13.5. The van der Waals surface area contributed by atoms with Gasteiger partial charge in [0.15, 0.2) is 0 Å². The monoisotopic (exact) mass is 673 g/mol. The van der Waals surface area contributed by atoms with Gasteiger partial charge in [-0.05, 0) is 76.7 Å². The third-order valence-electron chi connectivity index (χ3n) is 10.2. The van der Waals surface area contributed by atoms with Crippen LogP contribution in [0.5, 0.6) is 0 Å². The molecule has 0 fully saturated rings. The summed E-state index contributed by atoms with van der Waals surface area (Å²) in [6.45, 7) is 4.47. The molecule has 1 atom stereocenters. The van der Waals surface area contributed by atoms with Crippen LogP contribution in [0.15, 0.2) is 171 Å². The molecule has 0 saturated carbocycles. The zero-order valence-electron chi connectivity index (χ0n) is 29.5. The highest BCUT2D eigenvalue weighted by Crippen LogP contribution is 2.41. The van der Waals surface area contributed by atoms with Crippen LogP contribution in [-0.2, 0) is 0 Å². The lowest BCUT2D eigenvalue weighted by Gasteiger charge is -2.19. The highest BCUT2D eigenvalue weighted by Gasteiger charge is 2.21. The van der Waals surface area contributed by atoms with Gasteiger partial charge in [-0.2, -0.15) is 0 Å². The van der Waals surface area contributed by atoms with Gasteiger partial charge in [0, 0.05) is 39.2 Å². The van der Waals surface area contributed by atoms with Crippen molar-refractivity contribution in [2.75, 3.05) is 0 Å². The molecule has 52 heavy (non-hydrogen) atoms. The molecule has 7 aromatic carbocycles. The van der Waals surface area contributed by atoms with Crippen molar-refractivity contribution in [3.8, 4) is 11.1 Å². The van der Waals surface area contributed by atoms with E-state index >= 15 is 0 Å². The van der Waals surface area contributed by atoms with Crippen molar-refractivity contribution in [1.82, 2.24) is 0 Å². The van der Waals surface area contributed by atoms with Crippen LogP contribution in [0.3, 0.4) is 0 Å². The average Bonchev–Trinajstić information content (AvgIpc) is 3.76. The zero-order valence-corrected chi connectivity index (χ0v) is 29.5. The van der Waals surface area contributed by atoms with Gasteiger partial charge in [0.25, 0.3) is 0 Å². The van der Waals surface area contributed by atoms with E-state index in [9.17, 15) is 0 Å². The second-order valence-electron chi connectivity index (χ2n) is 13.8. The Labute approximate surface area is 303 Å². The molecule has 252 valence electrons. The summed E-state index contributed by atoms with van der Waals surface area (Å²) in [5.41, 5.74) is 11.6. The molecule has 2 heterocycles. The molecule has 0 aliphatic rings. The first-order valence-corrected chi connectivity index (χ1v) is 18.3. The Morgan fingerprint density at radius 1 is 0.615 bits per heavy atom. The number of para-hydroxylation sites is 3. The van der Waals surface area contributed by atoms with Gasteiger partial charge < -0.3 is 8.83 Å². The molecule has 9 rings (SSSR count). The molecule has 0 saturated heterocycles. The molecule has 3 heteroatoms. The van der Waals surface area contributed by atoms with Crippen LogP contribution in [0.2, 0.25) is 0 Å². The predicted molar refractivity (Wildman–Crippen MR) is 219 cm³/mol. The first-order valence-electron chi connectivity index (χ1n) is 18.3. The van der Waals surface area contributed by atoms with Gasteiger partial charge in [0.2, 0.25) is 0 Å². The first-order chi connectivity index (χ1) is 25.6. The number of hydrogen-bond acceptors (Lipinski definition) is 3. The topological polar surface area (TPSA) is 38.6 Å². The molecule has 0 spiro atoms. The summed E-state index contributed by atoms with van der Waals surface area (Å²) < 4.78 is 13.0. The Hall–Kier alpha value is -6.19. The summed E-state index contributed by atoms with van der Waals surface area (Å²) in [5.74, 6) is 0. The normalized spacial score (nSPS) is 13.2. The van der Waals surface area contributed by atoms with E-state index < -0.39 is 0 Å². The number of furan rings is 2. The van der Waals surface area contributed by atoms with Crippen LogP contribution in [0.4, 0.5) is 0 Å². The van der Waals surface area contributed by atoms with Crippen molar-refractivity contribution < 1.29 is 8.83 Å². The standard InChI is InChI=1S/C49H39NO2/c1-3-14-43(42-30-38(33-15-5-4-6-16-33)31-47-48(42)41-21-10-12-24-46(41)51-47)50-44(36-26-25-34-17-7-8-18-35(34)29-36)28-32(2)27-37-19-13-22-40-39-20-9-11-23-45(39)52-49(37)40/h4-13,15-27,29-31,43H,3,14,28H2,1-2H3/b32-27-,50-44?. The van der Waals surface area contributed by atoms with Gasteiger partial charge in [-0.25, -0.2) is 0 Å². The van der Waals surface area contributed by atoms with Gasteiger partial charge in [-0.1, -0.05) is 146 Å². The third-order valence-corrected chi connectivity index (χ3v) is 10.2. The maximum Gasteiger partial charge on any atom is 0.142 e. The third kappa shape index (κ3) is 5.88. The summed E-state index contributed by atoms with van der Waals surface area (Å²) in [5, 5.41) is 6.99. The maximum atomic E-state index is 6.54. The van der Waals surface area contributed by atoms with Crippen molar-refractivity contribution >= 4 is 66.4 Å². The highest BCUT2D eigenvalue weighted by molar-refractivity contribution is 6.10. The van der Waals surface area contributed by atoms with Crippen LogP contribution in [0.1, 0.15) is 55.8 Å². The van der Waals surface area contributed by atoms with Crippen LogP contribution in [-0.4, -0.2) is 5.71 Å². The summed E-state index contributed by atoms with van der Waals surface area (Å²) in [7, 11) is 0. The summed E-state index contributed by atoms with van der Waals surface area (Å²) in [6, 6.07) is 53.5. The SMILES string of the molecule is CCCC(N=C(C/C(C)=C\c1cccc2c1oc1ccccc12)c1ccc2ccccc2c1)c1cc(-c2ccccc2)cc2oc3ccccc3c12. The average molecular weight is 674 g/mol. The van der Waals surface area contributed by atoms with Gasteiger partial charge in [-0.3, -0.25) is 4.99 Å². The molecular formula is C49H39NO2. The van der Waals surface area contributed by atoms with E-state index in [0.717, 1.165) is 79.1 Å². The number of rotatable bonds is 9. The lowest BCUT2D eigenvalue weighted by atomic mass is 9.92. The smallest absolute Gasteiger partial charge is 0.142 e. The Kier molecular flexibility index (Phi) is 8.25. The Bertz CT molecular complexity index is 2800. The van der Waals surface area contributed by atoms with Gasteiger partial charge in [0.1, 0.15) is 22.3 Å². The van der Waals surface area contributed by atoms with E-state index in [4.69, 9.17) is 13.8 Å². The number of aliphatic imine (C=N–C) groups is 1. The van der Waals surface area contributed by atoms with Crippen LogP contribution >= 0.6 is 0 Å². The Balaban J connectivity index is 1.22. The van der Waals surface area contributed by atoms with Gasteiger partial charge in [0.05, 0.1) is 6.04 Å². The fourth-order valence-corrected chi connectivity index (χ4v) is 7.75. The fourth-order valence-electron chi connectivity index (χ4n) is 7.75. The minimum Gasteiger partial charge on any atom is -0.456 e. The number of benzene rings is 7. The summed E-state index contributed by atoms with van der Waals surface area (Å²) in [6.07, 6.45) is 4.87. The molecule has 9 aromatic rings. The lowest BCUT2D eigenvalue weighted by molar-refractivity contribution is 0.641. The van der Waals surface area contributed by atoms with Crippen molar-refractivity contribution in [3.63, 3.8) is 0 Å². The Morgan fingerprint density at radius 3 is 2.15 bits per heavy atom. The largest absolute Gasteiger partial charge is 0.456 e. The minimum absolute atomic E-state index is 0.0785. The molecule has 0 aliphatic carbocycles. The molecule has 2 aromatic heterocycles. The van der Waals surface area contributed by atoms with E-state index in [2.05, 4.69) is 153 Å². The molecule has 0 aliphatic heterocycles. The van der Waals surface area contributed by atoms with Crippen molar-refractivity contribution in [3.05, 3.63) is 174 Å². The molecule has 0 N–H and O–H groups in total. The molecule has 0 radical (unpaired) electrons. The number of allylic oxidation sites excluding steroid dienone is 1. The second-order valence-corrected chi connectivity index (χ2v) is 13.8. The summed E-state index contributed by atoms with van der Waals surface area (Å²) in [4.78, 5) is 5.77. The van der Waals surface area contributed by atoms with E-state index in [0.29, 0.717) is 6.42 Å². The molecule has 0 amide bonds. The molecule has 3 nitrogen and oxygen atoms in total. The lowest BCUT2D eigenvalue weighted by Crippen LogP contribution is -2.07.